The maximum Gasteiger partial charge on any atom is 0.255 e. The van der Waals surface area contributed by atoms with E-state index < -0.39 is 0 Å². The lowest BCUT2D eigenvalue weighted by atomic mass is 9.97. The van der Waals surface area contributed by atoms with Gasteiger partial charge in [0.2, 0.25) is 5.91 Å². The van der Waals surface area contributed by atoms with Crippen LogP contribution in [0.4, 0.5) is 5.69 Å². The second-order valence-electron chi connectivity index (χ2n) is 6.79. The van der Waals surface area contributed by atoms with E-state index in [0.717, 1.165) is 16.8 Å². The van der Waals surface area contributed by atoms with Crippen molar-refractivity contribution in [2.45, 2.75) is 33.6 Å². The largest absolute Gasteiger partial charge is 0.496 e. The lowest BCUT2D eigenvalue weighted by molar-refractivity contribution is -0.116. The second kappa shape index (κ2) is 9.21. The molecule has 5 heteroatoms. The number of nitrogens with one attached hydrogen (secondary N) is 1. The number of hydrogen-bond donors (Lipinski definition) is 1. The smallest absolute Gasteiger partial charge is 0.255 e. The summed E-state index contributed by atoms with van der Waals surface area (Å²) < 4.78 is 5.23. The topological polar surface area (TPSA) is 58.6 Å². The van der Waals surface area contributed by atoms with Gasteiger partial charge in [-0.3, -0.25) is 9.59 Å². The number of aryl methyl sites for hydroxylation is 1. The number of rotatable bonds is 7. The highest BCUT2D eigenvalue weighted by Crippen LogP contribution is 2.31. The van der Waals surface area contributed by atoms with E-state index in [9.17, 15) is 9.59 Å². The molecule has 0 radical (unpaired) electrons. The Kier molecular flexibility index (Phi) is 6.99. The Balaban J connectivity index is 2.15. The number of benzene rings is 2. The molecule has 0 fully saturated rings. The van der Waals surface area contributed by atoms with Crippen molar-refractivity contribution in [3.05, 3.63) is 59.2 Å². The molecule has 0 unspecified atom stereocenters. The maximum atomic E-state index is 12.5. The van der Waals surface area contributed by atoms with E-state index in [2.05, 4.69) is 25.2 Å². The summed E-state index contributed by atoms with van der Waals surface area (Å²) in [6, 6.07) is 13.1. The monoisotopic (exact) mass is 368 g/mol. The molecule has 0 spiro atoms. The number of anilines is 1. The van der Waals surface area contributed by atoms with E-state index in [1.54, 1.807) is 30.0 Å². The highest BCUT2D eigenvalue weighted by Gasteiger charge is 2.19. The summed E-state index contributed by atoms with van der Waals surface area (Å²) in [6.07, 6.45) is 0. The third-order valence-corrected chi connectivity index (χ3v) is 4.51. The van der Waals surface area contributed by atoms with Crippen molar-refractivity contribution in [1.82, 2.24) is 5.32 Å². The standard InChI is InChI=1S/C22H28N2O3/c1-15(2)18-11-8-9-16(3)21(18)24(17(4)25)14-13-23-22(26)19-10-6-7-12-20(19)27-5/h6-12,15H,13-14H2,1-5H3,(H,23,26). The Hall–Kier alpha value is -2.82. The molecule has 27 heavy (non-hydrogen) atoms. The first-order chi connectivity index (χ1) is 12.9. The fraction of sp³-hybridized carbons (Fsp3) is 0.364. The minimum Gasteiger partial charge on any atom is -0.496 e. The van der Waals surface area contributed by atoms with Crippen molar-refractivity contribution in [2.75, 3.05) is 25.1 Å². The van der Waals surface area contributed by atoms with Gasteiger partial charge in [0, 0.05) is 20.0 Å². The minimum atomic E-state index is -0.218. The van der Waals surface area contributed by atoms with Crippen LogP contribution in [0, 0.1) is 6.92 Å². The third kappa shape index (κ3) is 4.88. The van der Waals surface area contributed by atoms with Gasteiger partial charge in [-0.25, -0.2) is 0 Å². The van der Waals surface area contributed by atoms with Crippen LogP contribution in [0.15, 0.2) is 42.5 Å². The number of nitrogens with zero attached hydrogens (tertiary/aromatic N) is 1. The maximum absolute atomic E-state index is 12.5. The van der Waals surface area contributed by atoms with Gasteiger partial charge < -0.3 is 15.0 Å². The van der Waals surface area contributed by atoms with E-state index in [4.69, 9.17) is 4.74 Å². The molecule has 1 N–H and O–H groups in total. The zero-order valence-corrected chi connectivity index (χ0v) is 16.7. The van der Waals surface area contributed by atoms with Crippen molar-refractivity contribution in [3.8, 4) is 5.75 Å². The molecule has 0 heterocycles. The summed E-state index contributed by atoms with van der Waals surface area (Å²) in [6.45, 7) is 8.53. The normalized spacial score (nSPS) is 10.6. The lowest BCUT2D eigenvalue weighted by Crippen LogP contribution is -2.38. The van der Waals surface area contributed by atoms with Crippen LogP contribution in [0.2, 0.25) is 0 Å². The third-order valence-electron chi connectivity index (χ3n) is 4.51. The van der Waals surface area contributed by atoms with Crippen molar-refractivity contribution >= 4 is 17.5 Å². The van der Waals surface area contributed by atoms with Crippen molar-refractivity contribution < 1.29 is 14.3 Å². The fourth-order valence-electron chi connectivity index (χ4n) is 3.15. The molecule has 2 aromatic rings. The molecule has 0 bridgehead atoms. The van der Waals surface area contributed by atoms with Gasteiger partial charge in [-0.15, -0.1) is 0 Å². The Morgan fingerprint density at radius 3 is 2.44 bits per heavy atom. The zero-order valence-electron chi connectivity index (χ0n) is 16.7. The van der Waals surface area contributed by atoms with Crippen molar-refractivity contribution in [2.24, 2.45) is 0 Å². The lowest BCUT2D eigenvalue weighted by Gasteiger charge is -2.27. The first-order valence-corrected chi connectivity index (χ1v) is 9.15. The average molecular weight is 368 g/mol. The fourth-order valence-corrected chi connectivity index (χ4v) is 3.15. The summed E-state index contributed by atoms with van der Waals surface area (Å²) in [5.41, 5.74) is 3.59. The van der Waals surface area contributed by atoms with Gasteiger partial charge in [-0.1, -0.05) is 44.2 Å². The van der Waals surface area contributed by atoms with Gasteiger partial charge in [0.1, 0.15) is 5.75 Å². The molecule has 0 saturated carbocycles. The molecule has 0 aliphatic rings. The molecule has 0 aromatic heterocycles. The van der Waals surface area contributed by atoms with Gasteiger partial charge in [-0.2, -0.15) is 0 Å². The second-order valence-corrected chi connectivity index (χ2v) is 6.79. The number of carbonyl (C=O) groups excluding carboxylic acids is 2. The van der Waals surface area contributed by atoms with E-state index in [0.29, 0.717) is 30.3 Å². The van der Waals surface area contributed by atoms with E-state index in [-0.39, 0.29) is 11.8 Å². The summed E-state index contributed by atoms with van der Waals surface area (Å²) in [7, 11) is 1.54. The van der Waals surface area contributed by atoms with Gasteiger partial charge in [-0.05, 0) is 36.1 Å². The van der Waals surface area contributed by atoms with Crippen LogP contribution in [-0.4, -0.2) is 32.0 Å². The molecule has 0 atom stereocenters. The SMILES string of the molecule is COc1ccccc1C(=O)NCCN(C(C)=O)c1c(C)cccc1C(C)C. The number of amides is 2. The quantitative estimate of drug-likeness (QED) is 0.806. The predicted molar refractivity (Wildman–Crippen MR) is 109 cm³/mol. The van der Waals surface area contributed by atoms with E-state index in [1.807, 2.05) is 25.1 Å². The highest BCUT2D eigenvalue weighted by molar-refractivity contribution is 5.97. The van der Waals surface area contributed by atoms with E-state index in [1.165, 1.54) is 7.11 Å². The molecule has 0 aliphatic heterocycles. The van der Waals surface area contributed by atoms with Crippen LogP contribution >= 0.6 is 0 Å². The molecule has 144 valence electrons. The number of methoxy groups -OCH3 is 1. The number of para-hydroxylation sites is 2. The number of hydrogen-bond acceptors (Lipinski definition) is 3. The minimum absolute atomic E-state index is 0.0438. The van der Waals surface area contributed by atoms with Crippen molar-refractivity contribution in [3.63, 3.8) is 0 Å². The number of ether oxygens (including phenoxy) is 1. The molecular weight excluding hydrogens is 340 g/mol. The highest BCUT2D eigenvalue weighted by atomic mass is 16.5. The van der Waals surface area contributed by atoms with Crippen LogP contribution in [-0.2, 0) is 4.79 Å². The van der Waals surface area contributed by atoms with Gasteiger partial charge >= 0.3 is 0 Å². The van der Waals surface area contributed by atoms with Gasteiger partial charge in [0.05, 0.1) is 18.4 Å². The Labute approximate surface area is 161 Å². The number of carbonyl (C=O) groups is 2. The Bertz CT molecular complexity index is 815. The van der Waals surface area contributed by atoms with Crippen LogP contribution < -0.4 is 15.0 Å². The summed E-state index contributed by atoms with van der Waals surface area (Å²) in [5.74, 6) is 0.562. The van der Waals surface area contributed by atoms with Gasteiger partial charge in [0.15, 0.2) is 0 Å². The predicted octanol–water partition coefficient (Wildman–Crippen LogP) is 3.91. The first-order valence-electron chi connectivity index (χ1n) is 9.15. The van der Waals surface area contributed by atoms with Crippen molar-refractivity contribution in [1.29, 1.82) is 0 Å². The Morgan fingerprint density at radius 1 is 1.11 bits per heavy atom. The molecule has 2 aromatic carbocycles. The molecule has 5 nitrogen and oxygen atoms in total. The molecule has 2 rings (SSSR count). The van der Waals surface area contributed by atoms with Crippen LogP contribution in [0.3, 0.4) is 0 Å². The average Bonchev–Trinajstić information content (AvgIpc) is 2.65. The molecule has 0 aliphatic carbocycles. The molecule has 0 saturated heterocycles. The Morgan fingerprint density at radius 2 is 1.81 bits per heavy atom. The molecule has 2 amide bonds. The first kappa shape index (κ1) is 20.5. The van der Waals surface area contributed by atoms with Crippen LogP contribution in [0.5, 0.6) is 5.75 Å². The van der Waals surface area contributed by atoms with Gasteiger partial charge in [0.25, 0.3) is 5.91 Å². The van der Waals surface area contributed by atoms with Crippen LogP contribution in [0.25, 0.3) is 0 Å². The van der Waals surface area contributed by atoms with Crippen LogP contribution in [0.1, 0.15) is 48.2 Å². The summed E-state index contributed by atoms with van der Waals surface area (Å²) >= 11 is 0. The van der Waals surface area contributed by atoms with E-state index >= 15 is 0 Å². The molecular formula is C22H28N2O3. The summed E-state index contributed by atoms with van der Waals surface area (Å²) in [4.78, 5) is 26.5. The zero-order chi connectivity index (χ0) is 20.0. The summed E-state index contributed by atoms with van der Waals surface area (Å²) in [5, 5.41) is 2.88.